The average molecular weight is 310 g/mol. The molecule has 0 fully saturated rings. The Morgan fingerprint density at radius 2 is 2.05 bits per heavy atom. The summed E-state index contributed by atoms with van der Waals surface area (Å²) in [5, 5.41) is 3.98. The first-order chi connectivity index (χ1) is 10.3. The summed E-state index contributed by atoms with van der Waals surface area (Å²) in [6.07, 6.45) is -3.48. The number of carbonyl (C=O) groups is 1. The van der Waals surface area contributed by atoms with Crippen LogP contribution in [0.25, 0.3) is 0 Å². The minimum atomic E-state index is -4.41. The molecule has 1 aliphatic rings. The molecule has 0 bridgehead atoms. The molecule has 0 saturated heterocycles. The van der Waals surface area contributed by atoms with Crippen molar-refractivity contribution in [2.75, 3.05) is 11.4 Å². The molecule has 0 aliphatic carbocycles. The standard InChI is InChI=1S/C14H13F3N4O/c1-8-6-9(2-3-10(8)14(15,16)17)20-7-12(18)21-11(13(20)22)4-5-19-21/h2-6,12H,7,18H2,1H3/t12-/m1/s1. The fourth-order valence-corrected chi connectivity index (χ4v) is 2.59. The number of alkyl halides is 3. The van der Waals surface area contributed by atoms with Crippen LogP contribution in [0.15, 0.2) is 30.5 Å². The molecule has 5 nitrogen and oxygen atoms in total. The van der Waals surface area contributed by atoms with Crippen LogP contribution in [-0.2, 0) is 6.18 Å². The zero-order valence-corrected chi connectivity index (χ0v) is 11.6. The van der Waals surface area contributed by atoms with E-state index in [9.17, 15) is 18.0 Å². The Bertz CT molecular complexity index is 738. The number of hydrogen-bond acceptors (Lipinski definition) is 3. The highest BCUT2D eigenvalue weighted by Crippen LogP contribution is 2.34. The Morgan fingerprint density at radius 1 is 1.32 bits per heavy atom. The van der Waals surface area contributed by atoms with Gasteiger partial charge in [-0.25, -0.2) is 4.68 Å². The second kappa shape index (κ2) is 4.84. The van der Waals surface area contributed by atoms with Crippen LogP contribution in [0, 0.1) is 6.92 Å². The molecule has 3 rings (SSSR count). The van der Waals surface area contributed by atoms with Gasteiger partial charge in [0.15, 0.2) is 0 Å². The lowest BCUT2D eigenvalue weighted by Crippen LogP contribution is -2.46. The molecule has 0 saturated carbocycles. The van der Waals surface area contributed by atoms with Crippen molar-refractivity contribution in [2.24, 2.45) is 5.73 Å². The smallest absolute Gasteiger partial charge is 0.308 e. The van der Waals surface area contributed by atoms with Gasteiger partial charge in [0, 0.05) is 11.9 Å². The molecule has 2 heterocycles. The van der Waals surface area contributed by atoms with Gasteiger partial charge >= 0.3 is 6.18 Å². The summed E-state index contributed by atoms with van der Waals surface area (Å²) in [5.41, 5.74) is 6.00. The quantitative estimate of drug-likeness (QED) is 0.879. The Labute approximate surface area is 124 Å². The number of aryl methyl sites for hydroxylation is 1. The second-order valence-electron chi connectivity index (χ2n) is 5.14. The molecule has 1 amide bonds. The predicted octanol–water partition coefficient (Wildman–Crippen LogP) is 2.33. The minimum Gasteiger partial charge on any atom is -0.308 e. The fraction of sp³-hybridized carbons (Fsp3) is 0.286. The lowest BCUT2D eigenvalue weighted by Gasteiger charge is -2.32. The maximum atomic E-state index is 12.8. The lowest BCUT2D eigenvalue weighted by molar-refractivity contribution is -0.138. The van der Waals surface area contributed by atoms with E-state index in [4.69, 9.17) is 5.73 Å². The van der Waals surface area contributed by atoms with Gasteiger partial charge < -0.3 is 10.6 Å². The van der Waals surface area contributed by atoms with E-state index in [1.54, 1.807) is 0 Å². The van der Waals surface area contributed by atoms with Crippen molar-refractivity contribution >= 4 is 11.6 Å². The third-order valence-electron chi connectivity index (χ3n) is 3.65. The minimum absolute atomic E-state index is 0.0606. The van der Waals surface area contributed by atoms with Crippen LogP contribution in [-0.4, -0.2) is 22.2 Å². The van der Waals surface area contributed by atoms with Crippen LogP contribution in [0.5, 0.6) is 0 Å². The number of benzene rings is 1. The van der Waals surface area contributed by atoms with Gasteiger partial charge in [0.25, 0.3) is 5.91 Å². The molecule has 0 spiro atoms. The van der Waals surface area contributed by atoms with Crippen LogP contribution in [0.2, 0.25) is 0 Å². The number of aromatic nitrogens is 2. The zero-order chi connectivity index (χ0) is 16.1. The van der Waals surface area contributed by atoms with Gasteiger partial charge in [0.2, 0.25) is 0 Å². The van der Waals surface area contributed by atoms with Crippen LogP contribution < -0.4 is 10.6 Å². The highest BCUT2D eigenvalue weighted by atomic mass is 19.4. The second-order valence-corrected chi connectivity index (χ2v) is 5.14. The molecule has 1 atom stereocenters. The number of carbonyl (C=O) groups excluding carboxylic acids is 1. The summed E-state index contributed by atoms with van der Waals surface area (Å²) < 4.78 is 39.8. The molecule has 0 radical (unpaired) electrons. The first kappa shape index (κ1) is 14.6. The van der Waals surface area contributed by atoms with E-state index in [1.807, 2.05) is 0 Å². The van der Waals surface area contributed by atoms with E-state index in [2.05, 4.69) is 5.10 Å². The summed E-state index contributed by atoms with van der Waals surface area (Å²) in [7, 11) is 0. The first-order valence-electron chi connectivity index (χ1n) is 6.58. The molecule has 116 valence electrons. The number of fused-ring (bicyclic) bond motifs is 1. The number of nitrogens with zero attached hydrogens (tertiary/aromatic N) is 3. The number of amides is 1. The van der Waals surface area contributed by atoms with Gasteiger partial charge in [0.1, 0.15) is 11.9 Å². The Hall–Kier alpha value is -2.35. The summed E-state index contributed by atoms with van der Waals surface area (Å²) in [4.78, 5) is 13.8. The van der Waals surface area contributed by atoms with Gasteiger partial charge in [-0.15, -0.1) is 0 Å². The average Bonchev–Trinajstić information content (AvgIpc) is 2.91. The van der Waals surface area contributed by atoms with E-state index < -0.39 is 17.9 Å². The van der Waals surface area contributed by atoms with Crippen LogP contribution in [0.3, 0.4) is 0 Å². The van der Waals surface area contributed by atoms with Gasteiger partial charge in [0.05, 0.1) is 12.1 Å². The van der Waals surface area contributed by atoms with Crippen molar-refractivity contribution in [3.8, 4) is 0 Å². The molecular weight excluding hydrogens is 297 g/mol. The Balaban J connectivity index is 1.99. The van der Waals surface area contributed by atoms with E-state index in [0.717, 1.165) is 6.07 Å². The number of anilines is 1. The highest BCUT2D eigenvalue weighted by molar-refractivity contribution is 6.05. The van der Waals surface area contributed by atoms with Crippen molar-refractivity contribution in [3.63, 3.8) is 0 Å². The van der Waals surface area contributed by atoms with Crippen LogP contribution in [0.1, 0.15) is 27.8 Å². The molecule has 22 heavy (non-hydrogen) atoms. The van der Waals surface area contributed by atoms with Crippen molar-refractivity contribution in [3.05, 3.63) is 47.3 Å². The molecule has 0 unspecified atom stereocenters. The molecule has 1 aromatic carbocycles. The largest absolute Gasteiger partial charge is 0.416 e. The predicted molar refractivity (Wildman–Crippen MR) is 73.3 cm³/mol. The van der Waals surface area contributed by atoms with E-state index in [1.165, 1.54) is 40.9 Å². The zero-order valence-electron chi connectivity index (χ0n) is 11.6. The summed E-state index contributed by atoms with van der Waals surface area (Å²) in [6, 6.07) is 5.15. The molecule has 2 N–H and O–H groups in total. The summed E-state index contributed by atoms with van der Waals surface area (Å²) in [5.74, 6) is -0.335. The van der Waals surface area contributed by atoms with Gasteiger partial charge in [-0.1, -0.05) is 0 Å². The Morgan fingerprint density at radius 3 is 2.68 bits per heavy atom. The van der Waals surface area contributed by atoms with Crippen molar-refractivity contribution < 1.29 is 18.0 Å². The third-order valence-corrected chi connectivity index (χ3v) is 3.65. The van der Waals surface area contributed by atoms with Crippen molar-refractivity contribution in [1.29, 1.82) is 0 Å². The normalized spacial score (nSPS) is 18.5. The van der Waals surface area contributed by atoms with E-state index >= 15 is 0 Å². The molecule has 1 aromatic heterocycles. The maximum Gasteiger partial charge on any atom is 0.416 e. The number of halogens is 3. The lowest BCUT2D eigenvalue weighted by atomic mass is 10.1. The SMILES string of the molecule is Cc1cc(N2C[C@H](N)n3nccc3C2=O)ccc1C(F)(F)F. The summed E-state index contributed by atoms with van der Waals surface area (Å²) >= 11 is 0. The van der Waals surface area contributed by atoms with Crippen molar-refractivity contribution in [2.45, 2.75) is 19.3 Å². The molecular formula is C14H13F3N4O. The Kier molecular flexibility index (Phi) is 3.21. The van der Waals surface area contributed by atoms with Gasteiger partial charge in [-0.2, -0.15) is 18.3 Å². The number of hydrogen-bond donors (Lipinski definition) is 1. The topological polar surface area (TPSA) is 64.2 Å². The van der Waals surface area contributed by atoms with Crippen LogP contribution in [0.4, 0.5) is 18.9 Å². The van der Waals surface area contributed by atoms with E-state index in [0.29, 0.717) is 11.4 Å². The van der Waals surface area contributed by atoms with E-state index in [-0.39, 0.29) is 18.0 Å². The number of nitrogens with two attached hydrogens (primary N) is 1. The molecule has 1 aliphatic heterocycles. The molecule has 2 aromatic rings. The van der Waals surface area contributed by atoms with Gasteiger partial charge in [-0.3, -0.25) is 4.79 Å². The van der Waals surface area contributed by atoms with Crippen molar-refractivity contribution in [1.82, 2.24) is 9.78 Å². The highest BCUT2D eigenvalue weighted by Gasteiger charge is 2.34. The molecule has 8 heteroatoms. The van der Waals surface area contributed by atoms with Crippen LogP contribution >= 0.6 is 0 Å². The maximum absolute atomic E-state index is 12.8. The fourth-order valence-electron chi connectivity index (χ4n) is 2.59. The first-order valence-corrected chi connectivity index (χ1v) is 6.58. The van der Waals surface area contributed by atoms with Gasteiger partial charge in [-0.05, 0) is 36.8 Å². The third kappa shape index (κ3) is 2.25. The monoisotopic (exact) mass is 310 g/mol. The number of rotatable bonds is 1. The summed E-state index contributed by atoms with van der Waals surface area (Å²) in [6.45, 7) is 1.52.